The van der Waals surface area contributed by atoms with Crippen LogP contribution in [-0.2, 0) is 12.0 Å². The van der Waals surface area contributed by atoms with Crippen molar-refractivity contribution >= 4 is 17.2 Å². The van der Waals surface area contributed by atoms with Gasteiger partial charge in [-0.1, -0.05) is 12.8 Å². The van der Waals surface area contributed by atoms with Gasteiger partial charge in [-0.2, -0.15) is 0 Å². The van der Waals surface area contributed by atoms with Crippen molar-refractivity contribution in [2.75, 3.05) is 19.8 Å². The van der Waals surface area contributed by atoms with Crippen LogP contribution < -0.4 is 9.47 Å². The van der Waals surface area contributed by atoms with Crippen LogP contribution in [0.5, 0.6) is 11.5 Å². The van der Waals surface area contributed by atoms with Gasteiger partial charge in [0, 0.05) is 18.5 Å². The second-order valence-electron chi connectivity index (χ2n) is 7.73. The van der Waals surface area contributed by atoms with Gasteiger partial charge in [0.05, 0.1) is 4.88 Å². The zero-order valence-corrected chi connectivity index (χ0v) is 15.9. The highest BCUT2D eigenvalue weighted by Crippen LogP contribution is 2.49. The first-order valence-corrected chi connectivity index (χ1v) is 10.3. The van der Waals surface area contributed by atoms with E-state index in [1.807, 2.05) is 18.4 Å². The summed E-state index contributed by atoms with van der Waals surface area (Å²) in [5.41, 5.74) is 3.76. The molecule has 1 saturated carbocycles. The second kappa shape index (κ2) is 6.02. The number of aryl methyl sites for hydroxylation is 1. The van der Waals surface area contributed by atoms with Crippen molar-refractivity contribution < 1.29 is 14.3 Å². The molecule has 0 saturated heterocycles. The largest absolute Gasteiger partial charge is 0.486 e. The highest BCUT2D eigenvalue weighted by Gasteiger charge is 2.44. The van der Waals surface area contributed by atoms with Gasteiger partial charge >= 0.3 is 0 Å². The highest BCUT2D eigenvalue weighted by atomic mass is 32.1. The normalized spacial score (nSPS) is 20.3. The summed E-state index contributed by atoms with van der Waals surface area (Å²) in [6, 6.07) is 6.35. The highest BCUT2D eigenvalue weighted by molar-refractivity contribution is 7.12. The van der Waals surface area contributed by atoms with Gasteiger partial charge in [0.2, 0.25) is 0 Å². The Morgan fingerprint density at radius 3 is 2.58 bits per heavy atom. The number of carbonyl (C=O) groups is 1. The Kier molecular flexibility index (Phi) is 3.74. The van der Waals surface area contributed by atoms with Gasteiger partial charge in [-0.3, -0.25) is 4.79 Å². The van der Waals surface area contributed by atoms with Crippen LogP contribution in [-0.4, -0.2) is 30.6 Å². The van der Waals surface area contributed by atoms with Crippen molar-refractivity contribution in [1.29, 1.82) is 0 Å². The second-order valence-corrected chi connectivity index (χ2v) is 8.65. The fraction of sp³-hybridized carbons (Fsp3) is 0.476. The van der Waals surface area contributed by atoms with Crippen molar-refractivity contribution in [3.63, 3.8) is 0 Å². The lowest BCUT2D eigenvalue weighted by Gasteiger charge is -2.42. The third kappa shape index (κ3) is 2.44. The Morgan fingerprint density at radius 1 is 1.15 bits per heavy atom. The monoisotopic (exact) mass is 369 g/mol. The fourth-order valence-electron chi connectivity index (χ4n) is 4.83. The molecule has 0 unspecified atom stereocenters. The van der Waals surface area contributed by atoms with Crippen LogP contribution in [0.15, 0.2) is 23.6 Å². The smallest absolute Gasteiger partial charge is 0.264 e. The molecular weight excluding hydrogens is 346 g/mol. The summed E-state index contributed by atoms with van der Waals surface area (Å²) in [7, 11) is 0. The molecule has 1 aliphatic carbocycles. The summed E-state index contributed by atoms with van der Waals surface area (Å²) in [5.74, 6) is 1.87. The maximum absolute atomic E-state index is 13.2. The van der Waals surface area contributed by atoms with E-state index in [2.05, 4.69) is 17.0 Å². The van der Waals surface area contributed by atoms with Gasteiger partial charge in [-0.25, -0.2) is 0 Å². The van der Waals surface area contributed by atoms with E-state index in [4.69, 9.17) is 9.47 Å². The number of benzene rings is 1. The molecule has 0 N–H and O–H groups in total. The molecular formula is C21H23NO3S. The van der Waals surface area contributed by atoms with Gasteiger partial charge in [0.25, 0.3) is 5.91 Å². The summed E-state index contributed by atoms with van der Waals surface area (Å²) in [6.45, 7) is 4.70. The number of rotatable bonds is 1. The average molecular weight is 369 g/mol. The van der Waals surface area contributed by atoms with Gasteiger partial charge in [0.1, 0.15) is 13.2 Å². The molecule has 26 heavy (non-hydrogen) atoms. The summed E-state index contributed by atoms with van der Waals surface area (Å²) in [5, 5.41) is 2.01. The number of fused-ring (bicyclic) bond motifs is 3. The Labute approximate surface area is 157 Å². The van der Waals surface area contributed by atoms with Crippen LogP contribution in [0.3, 0.4) is 0 Å². The number of carbonyl (C=O) groups excluding carboxylic acids is 1. The third-order valence-corrected chi connectivity index (χ3v) is 7.10. The molecule has 1 amide bonds. The average Bonchev–Trinajstić information content (AvgIpc) is 3.29. The van der Waals surface area contributed by atoms with Crippen LogP contribution in [0.2, 0.25) is 0 Å². The quantitative estimate of drug-likeness (QED) is 0.752. The first-order valence-electron chi connectivity index (χ1n) is 9.43. The van der Waals surface area contributed by atoms with Crippen LogP contribution in [0.4, 0.5) is 0 Å². The van der Waals surface area contributed by atoms with E-state index in [0.29, 0.717) is 19.8 Å². The number of nitrogens with zero attached hydrogens (tertiary/aromatic N) is 1. The molecule has 0 bridgehead atoms. The zero-order valence-electron chi connectivity index (χ0n) is 15.0. The van der Waals surface area contributed by atoms with Crippen molar-refractivity contribution in [3.05, 3.63) is 45.1 Å². The zero-order chi connectivity index (χ0) is 17.7. The molecule has 3 aliphatic rings. The maximum atomic E-state index is 13.2. The van der Waals surface area contributed by atoms with Crippen molar-refractivity contribution in [2.45, 2.75) is 44.6 Å². The van der Waals surface area contributed by atoms with E-state index in [-0.39, 0.29) is 11.3 Å². The molecule has 0 atom stereocenters. The Hall–Kier alpha value is -2.01. The summed E-state index contributed by atoms with van der Waals surface area (Å²) in [4.78, 5) is 16.1. The summed E-state index contributed by atoms with van der Waals surface area (Å²) in [6.07, 6.45) is 4.75. The number of hydrogen-bond donors (Lipinski definition) is 0. The molecule has 1 aromatic heterocycles. The van der Waals surface area contributed by atoms with Crippen LogP contribution in [0.1, 0.15) is 52.0 Å². The van der Waals surface area contributed by atoms with E-state index in [1.165, 1.54) is 24.0 Å². The first kappa shape index (κ1) is 16.2. The molecule has 1 aromatic carbocycles. The number of ether oxygens (including phenoxy) is 2. The number of hydrogen-bond acceptors (Lipinski definition) is 4. The van der Waals surface area contributed by atoms with Gasteiger partial charge in [0.15, 0.2) is 11.5 Å². The molecule has 5 rings (SSSR count). The van der Waals surface area contributed by atoms with E-state index in [9.17, 15) is 4.79 Å². The van der Waals surface area contributed by atoms with Crippen LogP contribution >= 0.6 is 11.3 Å². The van der Waals surface area contributed by atoms with E-state index in [0.717, 1.165) is 41.3 Å². The van der Waals surface area contributed by atoms with Gasteiger partial charge < -0.3 is 14.4 Å². The molecule has 2 aliphatic heterocycles. The lowest BCUT2D eigenvalue weighted by molar-refractivity contribution is 0.0673. The predicted molar refractivity (Wildman–Crippen MR) is 101 cm³/mol. The van der Waals surface area contributed by atoms with E-state index >= 15 is 0 Å². The molecule has 1 spiro atoms. The van der Waals surface area contributed by atoms with E-state index < -0.39 is 0 Å². The molecule has 0 radical (unpaired) electrons. The van der Waals surface area contributed by atoms with Crippen LogP contribution in [0, 0.1) is 6.92 Å². The Morgan fingerprint density at radius 2 is 1.88 bits per heavy atom. The molecule has 136 valence electrons. The lowest BCUT2D eigenvalue weighted by Crippen LogP contribution is -2.46. The number of thiophene rings is 1. The molecule has 5 heteroatoms. The Bertz CT molecular complexity index is 866. The minimum absolute atomic E-state index is 0.0737. The molecule has 4 nitrogen and oxygen atoms in total. The summed E-state index contributed by atoms with van der Waals surface area (Å²) >= 11 is 1.55. The van der Waals surface area contributed by atoms with Gasteiger partial charge in [-0.15, -0.1) is 11.3 Å². The Balaban J connectivity index is 1.57. The van der Waals surface area contributed by atoms with Crippen LogP contribution in [0.25, 0.3) is 0 Å². The minimum Gasteiger partial charge on any atom is -0.486 e. The maximum Gasteiger partial charge on any atom is 0.264 e. The van der Waals surface area contributed by atoms with Gasteiger partial charge in [-0.05, 0) is 60.0 Å². The standard InChI is InChI=1S/C21H23NO3S/c1-14-4-9-26-19(14)20(23)22-12-15-10-17-18(25-8-7-24-17)11-16(15)21(13-22)5-2-3-6-21/h4,9-11H,2-3,5-8,12-13H2,1H3. The SMILES string of the molecule is Cc1ccsc1C(=O)N1Cc2cc3c(cc2C2(CCCC2)C1)OCCO3. The molecule has 3 heterocycles. The first-order chi connectivity index (χ1) is 12.7. The third-order valence-electron chi connectivity index (χ3n) is 6.10. The minimum atomic E-state index is 0.0737. The van der Waals surface area contributed by atoms with Crippen molar-refractivity contribution in [2.24, 2.45) is 0 Å². The lowest BCUT2D eigenvalue weighted by atomic mass is 9.73. The molecule has 2 aromatic rings. The predicted octanol–water partition coefficient (Wildman–Crippen LogP) is 4.30. The molecule has 1 fully saturated rings. The summed E-state index contributed by atoms with van der Waals surface area (Å²) < 4.78 is 11.6. The van der Waals surface area contributed by atoms with E-state index in [1.54, 1.807) is 11.3 Å². The topological polar surface area (TPSA) is 38.8 Å². The number of amides is 1. The van der Waals surface area contributed by atoms with Crippen molar-refractivity contribution in [3.8, 4) is 11.5 Å². The fourth-order valence-corrected chi connectivity index (χ4v) is 5.72. The van der Waals surface area contributed by atoms with Crippen molar-refractivity contribution in [1.82, 2.24) is 4.90 Å².